The fourth-order valence-electron chi connectivity index (χ4n) is 6.07. The highest BCUT2D eigenvalue weighted by atomic mass is 16.5. The molecule has 2 unspecified atom stereocenters. The fraction of sp³-hybridized carbons (Fsp3) is 0.348. The molecule has 0 radical (unpaired) electrons. The van der Waals surface area contributed by atoms with E-state index in [1.165, 1.54) is 38.5 Å². The first-order chi connectivity index (χ1) is 25.7. The highest BCUT2D eigenvalue weighted by Gasteiger charge is 2.16. The Hall–Kier alpha value is -5.30. The van der Waals surface area contributed by atoms with Crippen molar-refractivity contribution >= 4 is 47.2 Å². The molecule has 4 aromatic rings. The number of aliphatic carboxylic acids is 2. The molecule has 0 heterocycles. The van der Waals surface area contributed by atoms with Crippen molar-refractivity contribution in [2.75, 3.05) is 18.1 Å². The molecule has 0 amide bonds. The average molecular weight is 718 g/mol. The Bertz CT molecular complexity index is 1680. The van der Waals surface area contributed by atoms with E-state index in [2.05, 4.69) is 105 Å². The van der Waals surface area contributed by atoms with E-state index < -0.39 is 17.5 Å². The Morgan fingerprint density at radius 2 is 0.925 bits per heavy atom. The van der Waals surface area contributed by atoms with E-state index in [4.69, 9.17) is 19.7 Å². The zero-order valence-electron chi connectivity index (χ0n) is 31.7. The van der Waals surface area contributed by atoms with Crippen molar-refractivity contribution in [2.45, 2.75) is 79.1 Å². The topological polar surface area (TPSA) is 96.3 Å². The molecule has 7 nitrogen and oxygen atoms in total. The lowest BCUT2D eigenvalue weighted by atomic mass is 10.0. The summed E-state index contributed by atoms with van der Waals surface area (Å²) >= 11 is 0. The fourth-order valence-corrected chi connectivity index (χ4v) is 6.07. The van der Waals surface area contributed by atoms with Gasteiger partial charge in [0.25, 0.3) is 0 Å². The predicted molar refractivity (Wildman–Crippen MR) is 217 cm³/mol. The molecule has 0 aliphatic rings. The summed E-state index contributed by atoms with van der Waals surface area (Å²) in [4.78, 5) is 24.7. The predicted octanol–water partition coefficient (Wildman–Crippen LogP) is 12.1. The van der Waals surface area contributed by atoms with Gasteiger partial charge >= 0.3 is 11.9 Å². The summed E-state index contributed by atoms with van der Waals surface area (Å²) in [5.74, 6) is -0.0874. The quantitative estimate of drug-likeness (QED) is 0.0361. The summed E-state index contributed by atoms with van der Waals surface area (Å²) in [5.41, 5.74) is 4.76. The lowest BCUT2D eigenvalue weighted by Gasteiger charge is -2.26. The third kappa shape index (κ3) is 12.7. The van der Waals surface area contributed by atoms with Crippen molar-refractivity contribution in [1.82, 2.24) is 0 Å². The van der Waals surface area contributed by atoms with Gasteiger partial charge in [0.1, 0.15) is 17.1 Å². The molecule has 280 valence electrons. The second-order valence-electron chi connectivity index (χ2n) is 13.5. The van der Waals surface area contributed by atoms with Crippen LogP contribution in [0, 0.1) is 11.8 Å². The van der Waals surface area contributed by atoms with Crippen LogP contribution in [0.3, 0.4) is 0 Å². The number of carbonyl (C=O) groups is 2. The van der Waals surface area contributed by atoms with Gasteiger partial charge in [0, 0.05) is 17.1 Å². The number of hydrogen-bond acceptors (Lipinski definition) is 5. The van der Waals surface area contributed by atoms with Gasteiger partial charge in [-0.25, -0.2) is 9.59 Å². The van der Waals surface area contributed by atoms with E-state index in [1.54, 1.807) is 12.1 Å². The Morgan fingerprint density at radius 1 is 0.566 bits per heavy atom. The molecule has 0 bridgehead atoms. The summed E-state index contributed by atoms with van der Waals surface area (Å²) in [6.45, 7) is 10.4. The van der Waals surface area contributed by atoms with E-state index in [9.17, 15) is 9.59 Å². The second kappa shape index (κ2) is 21.3. The maximum atomic E-state index is 11.2. The van der Waals surface area contributed by atoms with Gasteiger partial charge in [-0.3, -0.25) is 0 Å². The number of unbranched alkanes of at least 4 members (excludes halogenated alkanes) is 2. The van der Waals surface area contributed by atoms with Crippen LogP contribution in [-0.2, 0) is 9.59 Å². The lowest BCUT2D eigenvalue weighted by Crippen LogP contribution is -2.12. The average Bonchev–Trinajstić information content (AvgIpc) is 3.18. The molecular weight excluding hydrogens is 663 g/mol. The molecule has 0 aromatic heterocycles. The molecule has 0 aliphatic heterocycles. The summed E-state index contributed by atoms with van der Waals surface area (Å²) in [5, 5.41) is 18.3. The van der Waals surface area contributed by atoms with Crippen LogP contribution in [0.4, 0.5) is 17.1 Å². The molecule has 7 heteroatoms. The minimum Gasteiger partial charge on any atom is -0.493 e. The molecule has 2 atom stereocenters. The third-order valence-electron chi connectivity index (χ3n) is 9.58. The van der Waals surface area contributed by atoms with Crippen molar-refractivity contribution < 1.29 is 29.3 Å². The molecule has 4 aromatic carbocycles. The highest BCUT2D eigenvalue weighted by molar-refractivity contribution is 6.16. The lowest BCUT2D eigenvalue weighted by molar-refractivity contribution is -0.140. The molecule has 4 rings (SSSR count). The zero-order valence-corrected chi connectivity index (χ0v) is 31.7. The van der Waals surface area contributed by atoms with Gasteiger partial charge in [0.15, 0.2) is 0 Å². The zero-order chi connectivity index (χ0) is 38.0. The molecule has 0 spiro atoms. The van der Waals surface area contributed by atoms with E-state index in [1.807, 2.05) is 24.3 Å². The van der Waals surface area contributed by atoms with Gasteiger partial charge in [-0.05, 0) is 108 Å². The Balaban J connectivity index is 1.54. The Kier molecular flexibility index (Phi) is 16.2. The highest BCUT2D eigenvalue weighted by Crippen LogP contribution is 2.36. The molecule has 0 saturated heterocycles. The monoisotopic (exact) mass is 717 g/mol. The van der Waals surface area contributed by atoms with Crippen molar-refractivity contribution in [2.24, 2.45) is 11.8 Å². The van der Waals surface area contributed by atoms with Crippen molar-refractivity contribution in [3.8, 4) is 11.5 Å². The van der Waals surface area contributed by atoms with Crippen LogP contribution in [0.5, 0.6) is 11.5 Å². The first-order valence-corrected chi connectivity index (χ1v) is 19.1. The summed E-state index contributed by atoms with van der Waals surface area (Å²) in [6.07, 6.45) is 14.6. The van der Waals surface area contributed by atoms with Crippen LogP contribution in [-0.4, -0.2) is 35.4 Å². The maximum absolute atomic E-state index is 11.2. The maximum Gasteiger partial charge on any atom is 0.343 e. The normalized spacial score (nSPS) is 12.2. The van der Waals surface area contributed by atoms with Crippen LogP contribution < -0.4 is 14.4 Å². The number of nitrogens with zero attached hydrogens (tertiary/aromatic N) is 1. The van der Waals surface area contributed by atoms with Crippen LogP contribution in [0.2, 0.25) is 0 Å². The van der Waals surface area contributed by atoms with Gasteiger partial charge in [0.2, 0.25) is 0 Å². The standard InChI is InChI=1S/C46H55NO6/c1-5-9-11-34(7-3)32-52-42-27-23-40(24-28-42)47(41-25-29-43(30-26-41)53-33-35(8-4)12-10-6-2)39-21-19-37(20-22-39)14-13-36-15-17-38(18-16-36)31-44(45(48)49)46(50)51/h13-31,34-35H,5-12,32-33H2,1-4H3,(H,48,49)(H,50,51). The Morgan fingerprint density at radius 3 is 1.28 bits per heavy atom. The number of hydrogen-bond donors (Lipinski definition) is 2. The van der Waals surface area contributed by atoms with Crippen molar-refractivity contribution in [3.05, 3.63) is 119 Å². The van der Waals surface area contributed by atoms with E-state index in [0.717, 1.165) is 71.8 Å². The van der Waals surface area contributed by atoms with Crippen molar-refractivity contribution in [3.63, 3.8) is 0 Å². The number of ether oxygens (including phenoxy) is 2. The van der Waals surface area contributed by atoms with Crippen molar-refractivity contribution in [1.29, 1.82) is 0 Å². The summed E-state index contributed by atoms with van der Waals surface area (Å²) in [6, 6.07) is 32.0. The first-order valence-electron chi connectivity index (χ1n) is 19.1. The minimum atomic E-state index is -1.47. The number of carboxylic acid groups (broad SMARTS) is 2. The number of carboxylic acids is 2. The second-order valence-corrected chi connectivity index (χ2v) is 13.5. The van der Waals surface area contributed by atoms with Gasteiger partial charge in [0.05, 0.1) is 13.2 Å². The largest absolute Gasteiger partial charge is 0.493 e. The molecule has 0 aliphatic carbocycles. The van der Waals surface area contributed by atoms with E-state index in [-0.39, 0.29) is 0 Å². The minimum absolute atomic E-state index is 0.500. The number of rotatable bonds is 22. The molecule has 0 fully saturated rings. The summed E-state index contributed by atoms with van der Waals surface area (Å²) in [7, 11) is 0. The van der Waals surface area contributed by atoms with Gasteiger partial charge in [-0.15, -0.1) is 0 Å². The van der Waals surface area contributed by atoms with Gasteiger partial charge in [-0.2, -0.15) is 0 Å². The van der Waals surface area contributed by atoms with Gasteiger partial charge in [-0.1, -0.05) is 115 Å². The van der Waals surface area contributed by atoms with Crippen LogP contribution in [0.25, 0.3) is 18.2 Å². The van der Waals surface area contributed by atoms with Gasteiger partial charge < -0.3 is 24.6 Å². The molecular formula is C46H55NO6. The smallest absolute Gasteiger partial charge is 0.343 e. The molecule has 53 heavy (non-hydrogen) atoms. The molecule has 0 saturated carbocycles. The van der Waals surface area contributed by atoms with E-state index in [0.29, 0.717) is 17.4 Å². The van der Waals surface area contributed by atoms with Crippen LogP contribution in [0.15, 0.2) is 103 Å². The SMILES string of the molecule is CCCCC(CC)COc1ccc(N(c2ccc(C=Cc3ccc(C=C(C(=O)O)C(=O)O)cc3)cc2)c2ccc(OCC(CC)CCCC)cc2)cc1. The molecule has 2 N–H and O–H groups in total. The first kappa shape index (κ1) is 40.5. The number of benzene rings is 4. The van der Waals surface area contributed by atoms with Crippen LogP contribution in [0.1, 0.15) is 95.8 Å². The summed E-state index contributed by atoms with van der Waals surface area (Å²) < 4.78 is 12.5. The third-order valence-corrected chi connectivity index (χ3v) is 9.58. The van der Waals surface area contributed by atoms with Crippen LogP contribution >= 0.6 is 0 Å². The van der Waals surface area contributed by atoms with E-state index >= 15 is 0 Å². The Labute approximate surface area is 315 Å². The number of anilines is 3.